The van der Waals surface area contributed by atoms with Gasteiger partial charge in [0.1, 0.15) is 5.75 Å². The fourth-order valence-corrected chi connectivity index (χ4v) is 1.77. The summed E-state index contributed by atoms with van der Waals surface area (Å²) in [5.74, 6) is 0.275. The van der Waals surface area contributed by atoms with E-state index in [0.29, 0.717) is 17.7 Å². The van der Waals surface area contributed by atoms with E-state index in [1.54, 1.807) is 18.2 Å². The molecule has 2 heteroatoms. The number of allylic oxidation sites excluding steroid dienone is 1. The van der Waals surface area contributed by atoms with Crippen molar-refractivity contribution < 1.29 is 9.53 Å². The van der Waals surface area contributed by atoms with Gasteiger partial charge in [-0.1, -0.05) is 54.6 Å². The van der Waals surface area contributed by atoms with Crippen LogP contribution in [0, 0.1) is 0 Å². The molecule has 0 spiro atoms. The number of ether oxygens (including phenoxy) is 1. The van der Waals surface area contributed by atoms with Crippen LogP contribution in [0.1, 0.15) is 12.5 Å². The third kappa shape index (κ3) is 3.81. The summed E-state index contributed by atoms with van der Waals surface area (Å²) < 4.78 is 5.33. The van der Waals surface area contributed by atoms with E-state index >= 15 is 0 Å². The maximum Gasteiger partial charge on any atom is 0.339 e. The summed E-state index contributed by atoms with van der Waals surface area (Å²) in [6.45, 7) is 1.85. The van der Waals surface area contributed by atoms with Gasteiger partial charge in [0.2, 0.25) is 0 Å². The van der Waals surface area contributed by atoms with E-state index in [-0.39, 0.29) is 5.97 Å². The lowest BCUT2D eigenvalue weighted by Crippen LogP contribution is -2.13. The molecule has 0 atom stereocenters. The first-order chi connectivity index (χ1) is 9.29. The highest BCUT2D eigenvalue weighted by atomic mass is 16.5. The predicted octanol–water partition coefficient (Wildman–Crippen LogP) is 3.78. The molecule has 2 aromatic rings. The van der Waals surface area contributed by atoms with Crippen molar-refractivity contribution in [2.45, 2.75) is 13.3 Å². The van der Waals surface area contributed by atoms with Gasteiger partial charge in [-0.2, -0.15) is 0 Å². The quantitative estimate of drug-likeness (QED) is 0.470. The summed E-state index contributed by atoms with van der Waals surface area (Å²) in [4.78, 5) is 12.1. The third-order valence-electron chi connectivity index (χ3n) is 2.80. The number of benzene rings is 2. The van der Waals surface area contributed by atoms with Crippen molar-refractivity contribution in [1.82, 2.24) is 0 Å². The van der Waals surface area contributed by atoms with Gasteiger partial charge >= 0.3 is 5.97 Å². The van der Waals surface area contributed by atoms with Crippen LogP contribution in [0.2, 0.25) is 0 Å². The molecule has 0 heterocycles. The molecule has 0 fully saturated rings. The Bertz CT molecular complexity index is 556. The highest BCUT2D eigenvalue weighted by Gasteiger charge is 2.11. The van der Waals surface area contributed by atoms with Crippen LogP contribution in [-0.2, 0) is 11.2 Å². The zero-order valence-corrected chi connectivity index (χ0v) is 10.9. The molecule has 0 radical (unpaired) electrons. The Morgan fingerprint density at radius 3 is 2.16 bits per heavy atom. The molecule has 0 saturated carbocycles. The number of carbonyl (C=O) groups is 1. The summed E-state index contributed by atoms with van der Waals surface area (Å²) in [6.07, 6.45) is 2.39. The Morgan fingerprint density at radius 1 is 1.00 bits per heavy atom. The van der Waals surface area contributed by atoms with Crippen LogP contribution < -0.4 is 4.74 Å². The zero-order valence-electron chi connectivity index (χ0n) is 10.9. The first-order valence-electron chi connectivity index (χ1n) is 6.26. The van der Waals surface area contributed by atoms with E-state index in [9.17, 15) is 4.79 Å². The maximum absolute atomic E-state index is 12.1. The second-order valence-corrected chi connectivity index (χ2v) is 4.18. The van der Waals surface area contributed by atoms with Crippen LogP contribution in [0.3, 0.4) is 0 Å². The van der Waals surface area contributed by atoms with Crippen LogP contribution in [0.5, 0.6) is 5.75 Å². The highest BCUT2D eigenvalue weighted by molar-refractivity contribution is 5.90. The topological polar surface area (TPSA) is 26.3 Å². The van der Waals surface area contributed by atoms with Gasteiger partial charge in [-0.25, -0.2) is 4.79 Å². The van der Waals surface area contributed by atoms with Crippen LogP contribution in [0.25, 0.3) is 0 Å². The normalized spacial score (nSPS) is 11.1. The van der Waals surface area contributed by atoms with Crippen molar-refractivity contribution in [2.75, 3.05) is 0 Å². The van der Waals surface area contributed by atoms with Gasteiger partial charge in [0.05, 0.1) is 0 Å². The minimum absolute atomic E-state index is 0.294. The average Bonchev–Trinajstić information content (AvgIpc) is 2.47. The van der Waals surface area contributed by atoms with Crippen molar-refractivity contribution in [1.29, 1.82) is 0 Å². The third-order valence-corrected chi connectivity index (χ3v) is 2.80. The Hall–Kier alpha value is -2.35. The van der Waals surface area contributed by atoms with E-state index in [1.807, 2.05) is 55.5 Å². The molecule has 2 nitrogen and oxygen atoms in total. The number of rotatable bonds is 4. The van der Waals surface area contributed by atoms with Gasteiger partial charge in [0.25, 0.3) is 0 Å². The minimum atomic E-state index is -0.294. The molecule has 0 bridgehead atoms. The number of carbonyl (C=O) groups excluding carboxylic acids is 1. The molecule has 96 valence electrons. The minimum Gasteiger partial charge on any atom is -0.423 e. The van der Waals surface area contributed by atoms with Gasteiger partial charge in [0.15, 0.2) is 0 Å². The van der Waals surface area contributed by atoms with E-state index in [1.165, 1.54) is 0 Å². The summed E-state index contributed by atoms with van der Waals surface area (Å²) in [7, 11) is 0. The molecule has 2 rings (SSSR count). The molecular formula is C17H16O2. The summed E-state index contributed by atoms with van der Waals surface area (Å²) in [5, 5.41) is 0. The van der Waals surface area contributed by atoms with Crippen molar-refractivity contribution in [3.8, 4) is 5.75 Å². The molecule has 0 amide bonds. The fraction of sp³-hybridized carbons (Fsp3) is 0.118. The molecule has 0 saturated heterocycles. The Labute approximate surface area is 113 Å². The van der Waals surface area contributed by atoms with Crippen LogP contribution in [0.4, 0.5) is 0 Å². The summed E-state index contributed by atoms with van der Waals surface area (Å²) >= 11 is 0. The molecule has 0 unspecified atom stereocenters. The molecule has 0 aliphatic rings. The molecule has 0 N–H and O–H groups in total. The standard InChI is InChI=1S/C17H16O2/c1-2-15(13-14-9-5-3-6-10-14)17(18)19-16-11-7-4-8-12-16/h2-12H,13H2,1H3. The number of hydrogen-bond donors (Lipinski definition) is 0. The lowest BCUT2D eigenvalue weighted by atomic mass is 10.1. The Balaban J connectivity index is 2.04. The van der Waals surface area contributed by atoms with Gasteiger partial charge in [-0.15, -0.1) is 0 Å². The zero-order chi connectivity index (χ0) is 13.5. The molecular weight excluding hydrogens is 236 g/mol. The number of para-hydroxylation sites is 1. The Morgan fingerprint density at radius 2 is 1.58 bits per heavy atom. The van der Waals surface area contributed by atoms with Crippen molar-refractivity contribution >= 4 is 5.97 Å². The highest BCUT2D eigenvalue weighted by Crippen LogP contribution is 2.14. The first-order valence-corrected chi connectivity index (χ1v) is 6.26. The molecule has 19 heavy (non-hydrogen) atoms. The molecule has 2 aromatic carbocycles. The molecule has 0 aliphatic heterocycles. The van der Waals surface area contributed by atoms with E-state index < -0.39 is 0 Å². The van der Waals surface area contributed by atoms with E-state index in [0.717, 1.165) is 5.56 Å². The smallest absolute Gasteiger partial charge is 0.339 e. The van der Waals surface area contributed by atoms with E-state index in [2.05, 4.69) is 0 Å². The van der Waals surface area contributed by atoms with Crippen molar-refractivity contribution in [3.05, 3.63) is 77.9 Å². The summed E-state index contributed by atoms with van der Waals surface area (Å²) in [5.41, 5.74) is 1.76. The Kier molecular flexibility index (Phi) is 4.51. The van der Waals surface area contributed by atoms with Crippen LogP contribution >= 0.6 is 0 Å². The van der Waals surface area contributed by atoms with Gasteiger partial charge in [-0.05, 0) is 24.6 Å². The first kappa shape index (κ1) is 13.1. The lowest BCUT2D eigenvalue weighted by molar-refractivity contribution is -0.130. The maximum atomic E-state index is 12.1. The van der Waals surface area contributed by atoms with Gasteiger partial charge in [0, 0.05) is 12.0 Å². The van der Waals surface area contributed by atoms with Crippen molar-refractivity contribution in [2.24, 2.45) is 0 Å². The van der Waals surface area contributed by atoms with Gasteiger partial charge < -0.3 is 4.74 Å². The summed E-state index contributed by atoms with van der Waals surface area (Å²) in [6, 6.07) is 19.0. The monoisotopic (exact) mass is 252 g/mol. The van der Waals surface area contributed by atoms with Gasteiger partial charge in [-0.3, -0.25) is 0 Å². The SMILES string of the molecule is CC=C(Cc1ccccc1)C(=O)Oc1ccccc1. The largest absolute Gasteiger partial charge is 0.423 e. The predicted molar refractivity (Wildman–Crippen MR) is 76.0 cm³/mol. The second kappa shape index (κ2) is 6.55. The lowest BCUT2D eigenvalue weighted by Gasteiger charge is -2.07. The molecule has 0 aliphatic carbocycles. The number of hydrogen-bond acceptors (Lipinski definition) is 2. The number of esters is 1. The average molecular weight is 252 g/mol. The van der Waals surface area contributed by atoms with E-state index in [4.69, 9.17) is 4.74 Å². The second-order valence-electron chi connectivity index (χ2n) is 4.18. The fourth-order valence-electron chi connectivity index (χ4n) is 1.77. The van der Waals surface area contributed by atoms with Crippen LogP contribution in [0.15, 0.2) is 72.3 Å². The van der Waals surface area contributed by atoms with Crippen molar-refractivity contribution in [3.63, 3.8) is 0 Å². The molecule has 0 aromatic heterocycles. The van der Waals surface area contributed by atoms with Crippen LogP contribution in [-0.4, -0.2) is 5.97 Å².